The van der Waals surface area contributed by atoms with E-state index < -0.39 is 11.7 Å². The minimum atomic E-state index is -4.46. The molecule has 2 heterocycles. The van der Waals surface area contributed by atoms with E-state index >= 15 is 0 Å². The third-order valence-electron chi connectivity index (χ3n) is 4.92. The van der Waals surface area contributed by atoms with E-state index in [-0.39, 0.29) is 36.5 Å². The number of nitrogens with zero attached hydrogens (tertiary/aromatic N) is 1. The standard InChI is InChI=1S/C18H22F3N3O2/c19-18(20,21)13-2-1-3-15(8-13)24-11-14(9-17(24)26)23-16(25)5-4-12-6-7-22-10-12/h1-3,8,12,14,22H,4-7,9-11H2,(H,23,25). The first-order chi connectivity index (χ1) is 12.3. The Morgan fingerprint density at radius 1 is 1.35 bits per heavy atom. The summed E-state index contributed by atoms with van der Waals surface area (Å²) in [6.45, 7) is 2.10. The van der Waals surface area contributed by atoms with E-state index in [1.54, 1.807) is 0 Å². The van der Waals surface area contributed by atoms with Gasteiger partial charge >= 0.3 is 6.18 Å². The molecule has 0 saturated carbocycles. The molecule has 2 N–H and O–H groups in total. The Morgan fingerprint density at radius 2 is 2.15 bits per heavy atom. The quantitative estimate of drug-likeness (QED) is 0.837. The van der Waals surface area contributed by atoms with Crippen molar-refractivity contribution in [3.63, 3.8) is 0 Å². The molecule has 0 radical (unpaired) electrons. The maximum atomic E-state index is 12.8. The molecule has 3 rings (SSSR count). The second kappa shape index (κ2) is 7.65. The van der Waals surface area contributed by atoms with Gasteiger partial charge in [0.1, 0.15) is 0 Å². The molecule has 26 heavy (non-hydrogen) atoms. The van der Waals surface area contributed by atoms with Gasteiger partial charge in [-0.05, 0) is 50.0 Å². The molecule has 2 fully saturated rings. The molecule has 0 aliphatic carbocycles. The Balaban J connectivity index is 1.55. The zero-order valence-electron chi connectivity index (χ0n) is 14.3. The van der Waals surface area contributed by atoms with Gasteiger partial charge in [-0.1, -0.05) is 6.07 Å². The summed E-state index contributed by atoms with van der Waals surface area (Å²) in [6, 6.07) is 4.33. The molecule has 2 amide bonds. The summed E-state index contributed by atoms with van der Waals surface area (Å²) < 4.78 is 38.5. The van der Waals surface area contributed by atoms with Crippen molar-refractivity contribution in [2.45, 2.75) is 37.9 Å². The van der Waals surface area contributed by atoms with Crippen LogP contribution in [0.5, 0.6) is 0 Å². The van der Waals surface area contributed by atoms with E-state index in [4.69, 9.17) is 0 Å². The molecule has 1 aromatic rings. The largest absolute Gasteiger partial charge is 0.416 e. The number of halogens is 3. The number of benzene rings is 1. The Bertz CT molecular complexity index is 672. The van der Waals surface area contributed by atoms with Crippen LogP contribution in [0.15, 0.2) is 24.3 Å². The van der Waals surface area contributed by atoms with Gasteiger partial charge in [0.15, 0.2) is 0 Å². The van der Waals surface area contributed by atoms with E-state index in [9.17, 15) is 22.8 Å². The van der Waals surface area contributed by atoms with Crippen molar-refractivity contribution >= 4 is 17.5 Å². The Morgan fingerprint density at radius 3 is 2.85 bits per heavy atom. The molecule has 1 aromatic carbocycles. The zero-order chi connectivity index (χ0) is 18.7. The summed E-state index contributed by atoms with van der Waals surface area (Å²) >= 11 is 0. The molecule has 2 atom stereocenters. The fourth-order valence-corrected chi connectivity index (χ4v) is 3.50. The normalized spacial score (nSPS) is 23.5. The number of hydrogen-bond donors (Lipinski definition) is 2. The minimum Gasteiger partial charge on any atom is -0.351 e. The summed E-state index contributed by atoms with van der Waals surface area (Å²) in [5.74, 6) is 0.114. The summed E-state index contributed by atoms with van der Waals surface area (Å²) in [6.07, 6.45) is -2.08. The third-order valence-corrected chi connectivity index (χ3v) is 4.92. The van der Waals surface area contributed by atoms with Crippen molar-refractivity contribution in [2.24, 2.45) is 5.92 Å². The lowest BCUT2D eigenvalue weighted by Crippen LogP contribution is -2.37. The molecule has 0 spiro atoms. The van der Waals surface area contributed by atoms with Gasteiger partial charge in [0.25, 0.3) is 0 Å². The Hall–Kier alpha value is -2.09. The van der Waals surface area contributed by atoms with Crippen molar-refractivity contribution in [3.05, 3.63) is 29.8 Å². The highest BCUT2D eigenvalue weighted by molar-refractivity contribution is 5.97. The van der Waals surface area contributed by atoms with Crippen molar-refractivity contribution in [1.29, 1.82) is 0 Å². The van der Waals surface area contributed by atoms with E-state index in [2.05, 4.69) is 10.6 Å². The predicted molar refractivity (Wildman–Crippen MR) is 90.6 cm³/mol. The Labute approximate surface area is 149 Å². The SMILES string of the molecule is O=C(CCC1CCNC1)NC1CC(=O)N(c2cccc(C(F)(F)F)c2)C1. The summed E-state index contributed by atoms with van der Waals surface area (Å²) in [5.41, 5.74) is -0.584. The molecular weight excluding hydrogens is 347 g/mol. The van der Waals surface area contributed by atoms with Crippen molar-refractivity contribution in [2.75, 3.05) is 24.5 Å². The van der Waals surface area contributed by atoms with Crippen LogP contribution in [-0.4, -0.2) is 37.5 Å². The molecule has 0 aromatic heterocycles. The number of amides is 2. The summed E-state index contributed by atoms with van der Waals surface area (Å²) in [4.78, 5) is 25.6. The second-order valence-corrected chi connectivity index (χ2v) is 6.92. The molecule has 2 aliphatic rings. The first-order valence-corrected chi connectivity index (χ1v) is 8.80. The van der Waals surface area contributed by atoms with Crippen molar-refractivity contribution in [1.82, 2.24) is 10.6 Å². The number of carbonyl (C=O) groups excluding carboxylic acids is 2. The predicted octanol–water partition coefficient (Wildman–Crippen LogP) is 2.32. The number of nitrogens with one attached hydrogen (secondary N) is 2. The lowest BCUT2D eigenvalue weighted by atomic mass is 10.0. The van der Waals surface area contributed by atoms with Crippen LogP contribution in [0.1, 0.15) is 31.2 Å². The van der Waals surface area contributed by atoms with Gasteiger partial charge < -0.3 is 15.5 Å². The first-order valence-electron chi connectivity index (χ1n) is 8.80. The number of carbonyl (C=O) groups is 2. The molecule has 2 unspecified atom stereocenters. The van der Waals surface area contributed by atoms with Crippen LogP contribution < -0.4 is 15.5 Å². The van der Waals surface area contributed by atoms with E-state index in [1.807, 2.05) is 0 Å². The number of hydrogen-bond acceptors (Lipinski definition) is 3. The van der Waals surface area contributed by atoms with Gasteiger partial charge in [-0.15, -0.1) is 0 Å². The second-order valence-electron chi connectivity index (χ2n) is 6.92. The molecule has 2 saturated heterocycles. The summed E-state index contributed by atoms with van der Waals surface area (Å²) in [7, 11) is 0. The highest BCUT2D eigenvalue weighted by Gasteiger charge is 2.34. The highest BCUT2D eigenvalue weighted by atomic mass is 19.4. The number of alkyl halides is 3. The van der Waals surface area contributed by atoms with Crippen LogP contribution >= 0.6 is 0 Å². The average molecular weight is 369 g/mol. The fourth-order valence-electron chi connectivity index (χ4n) is 3.50. The molecule has 0 bridgehead atoms. The molecule has 2 aliphatic heterocycles. The molecule has 5 nitrogen and oxygen atoms in total. The van der Waals surface area contributed by atoms with Crippen molar-refractivity contribution < 1.29 is 22.8 Å². The third kappa shape index (κ3) is 4.55. The van der Waals surface area contributed by atoms with Crippen LogP contribution in [0.2, 0.25) is 0 Å². The van der Waals surface area contributed by atoms with Crippen LogP contribution in [0.25, 0.3) is 0 Å². The van der Waals surface area contributed by atoms with Gasteiger partial charge in [0.2, 0.25) is 11.8 Å². The van der Waals surface area contributed by atoms with Gasteiger partial charge in [-0.25, -0.2) is 0 Å². The van der Waals surface area contributed by atoms with E-state index in [1.165, 1.54) is 17.0 Å². The van der Waals surface area contributed by atoms with E-state index in [0.29, 0.717) is 12.3 Å². The van der Waals surface area contributed by atoms with Gasteiger partial charge in [-0.3, -0.25) is 9.59 Å². The van der Waals surface area contributed by atoms with Crippen molar-refractivity contribution in [3.8, 4) is 0 Å². The molecule has 142 valence electrons. The smallest absolute Gasteiger partial charge is 0.351 e. The monoisotopic (exact) mass is 369 g/mol. The highest BCUT2D eigenvalue weighted by Crippen LogP contribution is 2.32. The number of anilines is 1. The lowest BCUT2D eigenvalue weighted by Gasteiger charge is -2.19. The van der Waals surface area contributed by atoms with Crippen LogP contribution in [0.4, 0.5) is 18.9 Å². The topological polar surface area (TPSA) is 61.4 Å². The Kier molecular flexibility index (Phi) is 5.50. The van der Waals surface area contributed by atoms with Gasteiger partial charge in [-0.2, -0.15) is 13.2 Å². The summed E-state index contributed by atoms with van der Waals surface area (Å²) in [5, 5.41) is 6.08. The van der Waals surface area contributed by atoms with Crippen LogP contribution in [0.3, 0.4) is 0 Å². The maximum absolute atomic E-state index is 12.8. The fraction of sp³-hybridized carbons (Fsp3) is 0.556. The lowest BCUT2D eigenvalue weighted by molar-refractivity contribution is -0.137. The number of rotatable bonds is 5. The van der Waals surface area contributed by atoms with Crippen LogP contribution in [-0.2, 0) is 15.8 Å². The van der Waals surface area contributed by atoms with Crippen LogP contribution in [0, 0.1) is 5.92 Å². The molecule has 8 heteroatoms. The molecular formula is C18H22F3N3O2. The van der Waals surface area contributed by atoms with E-state index in [0.717, 1.165) is 38.1 Å². The average Bonchev–Trinajstić information content (AvgIpc) is 3.22. The zero-order valence-corrected chi connectivity index (χ0v) is 14.3. The van der Waals surface area contributed by atoms with Gasteiger partial charge in [0, 0.05) is 25.1 Å². The first kappa shape index (κ1) is 18.7. The van der Waals surface area contributed by atoms with Gasteiger partial charge in [0.05, 0.1) is 11.6 Å². The maximum Gasteiger partial charge on any atom is 0.416 e. The minimum absolute atomic E-state index is 0.104.